The lowest BCUT2D eigenvalue weighted by Crippen LogP contribution is -2.19. The number of ether oxygens (including phenoxy) is 2. The first-order chi connectivity index (χ1) is 7.93. The zero-order valence-corrected chi connectivity index (χ0v) is 10.8. The van der Waals surface area contributed by atoms with Crippen LogP contribution in [-0.2, 0) is 14.3 Å². The molecule has 104 valence electrons. The first kappa shape index (κ1) is 18.7. The second-order valence-electron chi connectivity index (χ2n) is 3.62. The maximum Gasteiger partial charge on any atom is 0.329 e. The summed E-state index contributed by atoms with van der Waals surface area (Å²) < 4.78 is 9.60. The highest BCUT2D eigenvalue weighted by molar-refractivity contribution is 5.67. The number of carbonyl (C=O) groups is 1. The van der Waals surface area contributed by atoms with Crippen molar-refractivity contribution in [3.8, 4) is 0 Å². The molecule has 0 rings (SSSR count). The summed E-state index contributed by atoms with van der Waals surface area (Å²) in [7, 11) is 0. The molecule has 6 heteroatoms. The van der Waals surface area contributed by atoms with Crippen LogP contribution in [0.5, 0.6) is 0 Å². The van der Waals surface area contributed by atoms with Crippen LogP contribution in [0.3, 0.4) is 0 Å². The van der Waals surface area contributed by atoms with Crippen molar-refractivity contribution in [1.82, 2.24) is 0 Å². The van der Waals surface area contributed by atoms with E-state index in [1.807, 2.05) is 6.92 Å². The van der Waals surface area contributed by atoms with Crippen LogP contribution in [0, 0.1) is 0 Å². The van der Waals surface area contributed by atoms with Gasteiger partial charge >= 0.3 is 5.97 Å². The molecule has 0 heterocycles. The van der Waals surface area contributed by atoms with Gasteiger partial charge in [0.25, 0.3) is 0 Å². The lowest BCUT2D eigenvalue weighted by atomic mass is 10.4. The fourth-order valence-electron chi connectivity index (χ4n) is 0.660. The second-order valence-corrected chi connectivity index (χ2v) is 3.62. The minimum absolute atomic E-state index is 0.00667. The Bertz CT molecular complexity index is 171. The summed E-state index contributed by atoms with van der Waals surface area (Å²) in [5.74, 6) is -0.904. The highest BCUT2D eigenvalue weighted by Crippen LogP contribution is 1.90. The van der Waals surface area contributed by atoms with Gasteiger partial charge in [0.1, 0.15) is 6.61 Å². The lowest BCUT2D eigenvalue weighted by molar-refractivity contribution is -0.142. The molecule has 2 unspecified atom stereocenters. The third-order valence-corrected chi connectivity index (χ3v) is 1.45. The Morgan fingerprint density at radius 2 is 1.94 bits per heavy atom. The highest BCUT2D eigenvalue weighted by Gasteiger charge is 2.00. The molecular formula is C11H24O6. The van der Waals surface area contributed by atoms with Gasteiger partial charge in [0.2, 0.25) is 0 Å². The van der Waals surface area contributed by atoms with Crippen molar-refractivity contribution in [2.45, 2.75) is 39.4 Å². The summed E-state index contributed by atoms with van der Waals surface area (Å²) in [6.07, 6.45) is 0.256. The minimum Gasteiger partial charge on any atom is -0.480 e. The van der Waals surface area contributed by atoms with Crippen LogP contribution in [-0.4, -0.2) is 59.9 Å². The standard InChI is InChI=1S/C6H14O3.C5H10O3/c1-5(8)4-9-6(2)3-7;1-2-3-8-4-5(6)7/h5-8H,3-4H2,1-2H3;2-4H2,1H3,(H,6,7). The Kier molecular flexibility index (Phi) is 14.7. The summed E-state index contributed by atoms with van der Waals surface area (Å²) in [5, 5.41) is 25.1. The number of hydrogen-bond donors (Lipinski definition) is 3. The van der Waals surface area contributed by atoms with Crippen molar-refractivity contribution in [3.63, 3.8) is 0 Å². The molecule has 0 aromatic rings. The van der Waals surface area contributed by atoms with E-state index in [0.29, 0.717) is 13.2 Å². The third kappa shape index (κ3) is 21.2. The Labute approximate surface area is 102 Å². The Hall–Kier alpha value is -0.690. The van der Waals surface area contributed by atoms with Crippen molar-refractivity contribution < 1.29 is 29.6 Å². The molecular weight excluding hydrogens is 228 g/mol. The average Bonchev–Trinajstić information content (AvgIpc) is 2.26. The van der Waals surface area contributed by atoms with Crippen LogP contribution >= 0.6 is 0 Å². The van der Waals surface area contributed by atoms with Gasteiger partial charge in [-0.05, 0) is 20.3 Å². The fraction of sp³-hybridized carbons (Fsp3) is 0.909. The Morgan fingerprint density at radius 3 is 2.29 bits per heavy atom. The quantitative estimate of drug-likeness (QED) is 0.536. The Morgan fingerprint density at radius 1 is 1.35 bits per heavy atom. The van der Waals surface area contributed by atoms with Crippen LogP contribution in [0.1, 0.15) is 27.2 Å². The molecule has 0 saturated heterocycles. The van der Waals surface area contributed by atoms with E-state index >= 15 is 0 Å². The molecule has 3 N–H and O–H groups in total. The van der Waals surface area contributed by atoms with E-state index in [9.17, 15) is 4.79 Å². The number of rotatable bonds is 8. The van der Waals surface area contributed by atoms with Crippen molar-refractivity contribution in [3.05, 3.63) is 0 Å². The van der Waals surface area contributed by atoms with Crippen LogP contribution in [0.15, 0.2) is 0 Å². The van der Waals surface area contributed by atoms with E-state index in [1.165, 1.54) is 0 Å². The average molecular weight is 252 g/mol. The van der Waals surface area contributed by atoms with Gasteiger partial charge in [0.15, 0.2) is 0 Å². The topological polar surface area (TPSA) is 96.2 Å². The molecule has 0 aliphatic carbocycles. The van der Waals surface area contributed by atoms with Crippen LogP contribution in [0.25, 0.3) is 0 Å². The van der Waals surface area contributed by atoms with Crippen LogP contribution in [0.2, 0.25) is 0 Å². The molecule has 6 nitrogen and oxygen atoms in total. The number of carboxylic acid groups (broad SMARTS) is 1. The van der Waals surface area contributed by atoms with E-state index in [4.69, 9.17) is 20.1 Å². The van der Waals surface area contributed by atoms with Gasteiger partial charge in [-0.15, -0.1) is 0 Å². The maximum atomic E-state index is 9.75. The van der Waals surface area contributed by atoms with Crippen molar-refractivity contribution in [2.75, 3.05) is 26.4 Å². The maximum absolute atomic E-state index is 9.75. The van der Waals surface area contributed by atoms with E-state index in [0.717, 1.165) is 6.42 Å². The van der Waals surface area contributed by atoms with E-state index in [-0.39, 0.29) is 19.3 Å². The molecule has 0 fully saturated rings. The zero-order valence-electron chi connectivity index (χ0n) is 10.8. The largest absolute Gasteiger partial charge is 0.480 e. The third-order valence-electron chi connectivity index (χ3n) is 1.45. The van der Waals surface area contributed by atoms with Crippen LogP contribution in [0.4, 0.5) is 0 Å². The molecule has 17 heavy (non-hydrogen) atoms. The molecule has 0 saturated carbocycles. The van der Waals surface area contributed by atoms with Gasteiger partial charge in [-0.25, -0.2) is 4.79 Å². The normalized spacial score (nSPS) is 13.5. The zero-order chi connectivity index (χ0) is 13.7. The van der Waals surface area contributed by atoms with Crippen molar-refractivity contribution in [1.29, 1.82) is 0 Å². The number of carboxylic acids is 1. The molecule has 0 aromatic carbocycles. The second kappa shape index (κ2) is 13.4. The molecule has 0 aliphatic rings. The van der Waals surface area contributed by atoms with Gasteiger partial charge in [-0.2, -0.15) is 0 Å². The SMILES string of the molecule is CC(O)COC(C)CO.CCCOCC(=O)O. The van der Waals surface area contributed by atoms with Gasteiger partial charge in [-0.1, -0.05) is 6.92 Å². The molecule has 2 atom stereocenters. The van der Waals surface area contributed by atoms with E-state index < -0.39 is 12.1 Å². The molecule has 0 aromatic heterocycles. The van der Waals surface area contributed by atoms with Crippen molar-refractivity contribution in [2.24, 2.45) is 0 Å². The first-order valence-corrected chi connectivity index (χ1v) is 5.64. The summed E-state index contributed by atoms with van der Waals surface area (Å²) in [5.41, 5.74) is 0. The molecule has 0 radical (unpaired) electrons. The predicted octanol–water partition coefficient (Wildman–Crippen LogP) is 0.262. The van der Waals surface area contributed by atoms with Gasteiger partial charge in [0, 0.05) is 6.61 Å². The molecule has 0 spiro atoms. The summed E-state index contributed by atoms with van der Waals surface area (Å²) in [4.78, 5) is 9.75. The Balaban J connectivity index is 0. The molecule has 0 aliphatic heterocycles. The van der Waals surface area contributed by atoms with Crippen molar-refractivity contribution >= 4 is 5.97 Å². The smallest absolute Gasteiger partial charge is 0.329 e. The summed E-state index contributed by atoms with van der Waals surface area (Å²) in [6, 6.07) is 0. The van der Waals surface area contributed by atoms with Crippen LogP contribution < -0.4 is 0 Å². The monoisotopic (exact) mass is 252 g/mol. The predicted molar refractivity (Wildman–Crippen MR) is 62.9 cm³/mol. The number of aliphatic hydroxyl groups is 2. The van der Waals surface area contributed by atoms with E-state index in [2.05, 4.69) is 4.74 Å². The summed E-state index contributed by atoms with van der Waals surface area (Å²) >= 11 is 0. The van der Waals surface area contributed by atoms with Gasteiger partial charge < -0.3 is 24.8 Å². The minimum atomic E-state index is -0.904. The van der Waals surface area contributed by atoms with Gasteiger partial charge in [0.05, 0.1) is 25.4 Å². The lowest BCUT2D eigenvalue weighted by Gasteiger charge is -2.10. The van der Waals surface area contributed by atoms with E-state index in [1.54, 1.807) is 13.8 Å². The fourth-order valence-corrected chi connectivity index (χ4v) is 0.660. The number of hydrogen-bond acceptors (Lipinski definition) is 5. The van der Waals surface area contributed by atoms with Gasteiger partial charge in [-0.3, -0.25) is 0 Å². The number of aliphatic hydroxyl groups excluding tert-OH is 2. The highest BCUT2D eigenvalue weighted by atomic mass is 16.5. The summed E-state index contributed by atoms with van der Waals surface area (Å²) in [6.45, 7) is 5.99. The first-order valence-electron chi connectivity index (χ1n) is 5.64. The molecule has 0 bridgehead atoms. The molecule has 0 amide bonds. The number of aliphatic carboxylic acids is 1.